The molecule has 0 saturated carbocycles. The lowest BCUT2D eigenvalue weighted by atomic mass is 9.66. The van der Waals surface area contributed by atoms with Crippen LogP contribution in [0.5, 0.6) is 0 Å². The van der Waals surface area contributed by atoms with E-state index < -0.39 is 0 Å². The van der Waals surface area contributed by atoms with Crippen LogP contribution in [0.2, 0.25) is 0 Å². The molecule has 1 aliphatic heterocycles. The number of imidazole rings is 1. The summed E-state index contributed by atoms with van der Waals surface area (Å²) in [6.45, 7) is 6.16. The maximum Gasteiger partial charge on any atom is 0.223 e. The number of amides is 1. The minimum absolute atomic E-state index is 0.116. The Kier molecular flexibility index (Phi) is 4.01. The third-order valence-corrected chi connectivity index (χ3v) is 4.92. The topological polar surface area (TPSA) is 49.0 Å². The first kappa shape index (κ1) is 14.8. The van der Waals surface area contributed by atoms with Crippen molar-refractivity contribution in [3.05, 3.63) is 54.1 Å². The monoisotopic (exact) mass is 297 g/mol. The highest BCUT2D eigenvalue weighted by atomic mass is 16.2. The van der Waals surface area contributed by atoms with E-state index in [1.807, 2.05) is 11.0 Å². The van der Waals surface area contributed by atoms with Gasteiger partial charge in [0.2, 0.25) is 5.91 Å². The van der Waals surface area contributed by atoms with Crippen molar-refractivity contribution in [2.75, 3.05) is 13.1 Å². The van der Waals surface area contributed by atoms with Crippen molar-refractivity contribution in [1.82, 2.24) is 14.9 Å². The highest BCUT2D eigenvalue weighted by Crippen LogP contribution is 2.41. The van der Waals surface area contributed by atoms with Crippen molar-refractivity contribution in [1.29, 1.82) is 0 Å². The molecule has 1 aromatic heterocycles. The molecule has 1 aromatic carbocycles. The molecule has 3 rings (SSSR count). The van der Waals surface area contributed by atoms with Crippen LogP contribution in [0.25, 0.3) is 0 Å². The summed E-state index contributed by atoms with van der Waals surface area (Å²) in [6, 6.07) is 10.6. The molecule has 22 heavy (non-hydrogen) atoms. The SMILES string of the molecule is CC(C)C1(c2ccccc2)CN(C(=O)CCc2cnc[nH]2)C1. The second-order valence-corrected chi connectivity index (χ2v) is 6.50. The molecule has 1 amide bonds. The number of aromatic amines is 1. The standard InChI is InChI=1S/C18H23N3O/c1-14(2)18(15-6-4-3-5-7-15)11-21(12-18)17(22)9-8-16-10-19-13-20-16/h3-7,10,13-14H,8-9,11-12H2,1-2H3,(H,19,20). The Morgan fingerprint density at radius 1 is 1.32 bits per heavy atom. The predicted molar refractivity (Wildman–Crippen MR) is 86.4 cm³/mol. The number of aromatic nitrogens is 2. The summed E-state index contributed by atoms with van der Waals surface area (Å²) >= 11 is 0. The molecule has 1 saturated heterocycles. The minimum Gasteiger partial charge on any atom is -0.348 e. The van der Waals surface area contributed by atoms with Crippen LogP contribution in [0.4, 0.5) is 0 Å². The highest BCUT2D eigenvalue weighted by Gasteiger charge is 2.48. The number of hydrogen-bond donors (Lipinski definition) is 1. The van der Waals surface area contributed by atoms with Gasteiger partial charge in [-0.1, -0.05) is 44.2 Å². The first-order chi connectivity index (χ1) is 10.6. The lowest BCUT2D eigenvalue weighted by Crippen LogP contribution is -2.63. The summed E-state index contributed by atoms with van der Waals surface area (Å²) in [6.07, 6.45) is 4.72. The molecule has 1 N–H and O–H groups in total. The normalized spacial score (nSPS) is 16.6. The summed E-state index contributed by atoms with van der Waals surface area (Å²) in [7, 11) is 0. The Morgan fingerprint density at radius 2 is 2.05 bits per heavy atom. The molecule has 116 valence electrons. The second-order valence-electron chi connectivity index (χ2n) is 6.50. The lowest BCUT2D eigenvalue weighted by Gasteiger charge is -2.53. The van der Waals surface area contributed by atoms with Gasteiger partial charge in [0.05, 0.1) is 6.33 Å². The molecule has 0 radical (unpaired) electrons. The Hall–Kier alpha value is -2.10. The van der Waals surface area contributed by atoms with Crippen LogP contribution < -0.4 is 0 Å². The van der Waals surface area contributed by atoms with Crippen LogP contribution in [-0.2, 0) is 16.6 Å². The van der Waals surface area contributed by atoms with Gasteiger partial charge in [-0.25, -0.2) is 4.98 Å². The Morgan fingerprint density at radius 3 is 2.64 bits per heavy atom. The largest absolute Gasteiger partial charge is 0.348 e. The molecule has 0 aliphatic carbocycles. The number of aryl methyl sites for hydroxylation is 1. The number of carbonyl (C=O) groups is 1. The number of rotatable bonds is 5. The fourth-order valence-electron chi connectivity index (χ4n) is 3.28. The summed E-state index contributed by atoms with van der Waals surface area (Å²) in [4.78, 5) is 21.4. The molecule has 2 aromatic rings. The number of benzene rings is 1. The Labute approximate surface area is 131 Å². The van der Waals surface area contributed by atoms with E-state index in [9.17, 15) is 4.79 Å². The van der Waals surface area contributed by atoms with Crippen molar-refractivity contribution in [2.24, 2.45) is 5.92 Å². The average molecular weight is 297 g/mol. The quantitative estimate of drug-likeness (QED) is 0.922. The van der Waals surface area contributed by atoms with Crippen molar-refractivity contribution in [3.63, 3.8) is 0 Å². The molecule has 4 nitrogen and oxygen atoms in total. The molecular formula is C18H23N3O. The molecule has 4 heteroatoms. The number of H-pyrrole nitrogens is 1. The van der Waals surface area contributed by atoms with E-state index in [-0.39, 0.29) is 11.3 Å². The van der Waals surface area contributed by atoms with E-state index in [0.717, 1.165) is 25.2 Å². The number of carbonyl (C=O) groups excluding carboxylic acids is 1. The van der Waals surface area contributed by atoms with Crippen molar-refractivity contribution >= 4 is 5.91 Å². The second kappa shape index (κ2) is 5.95. The van der Waals surface area contributed by atoms with Crippen LogP contribution in [0.1, 0.15) is 31.5 Å². The van der Waals surface area contributed by atoms with E-state index in [4.69, 9.17) is 0 Å². The summed E-state index contributed by atoms with van der Waals surface area (Å²) in [5, 5.41) is 0. The van der Waals surface area contributed by atoms with Gasteiger partial charge >= 0.3 is 0 Å². The minimum atomic E-state index is 0.116. The maximum atomic E-state index is 12.4. The summed E-state index contributed by atoms with van der Waals surface area (Å²) < 4.78 is 0. The third kappa shape index (κ3) is 2.65. The Balaban J connectivity index is 1.62. The lowest BCUT2D eigenvalue weighted by molar-refractivity contribution is -0.140. The van der Waals surface area contributed by atoms with E-state index in [2.05, 4.69) is 48.1 Å². The van der Waals surface area contributed by atoms with Gasteiger partial charge in [-0.3, -0.25) is 4.79 Å². The van der Waals surface area contributed by atoms with Crippen molar-refractivity contribution in [2.45, 2.75) is 32.1 Å². The Bertz CT molecular complexity index is 613. The molecule has 0 bridgehead atoms. The molecule has 0 spiro atoms. The van der Waals surface area contributed by atoms with Gasteiger partial charge in [-0.05, 0) is 17.9 Å². The van der Waals surface area contributed by atoms with Gasteiger partial charge in [-0.2, -0.15) is 0 Å². The number of likely N-dealkylation sites (tertiary alicyclic amines) is 1. The van der Waals surface area contributed by atoms with Gasteiger partial charge in [0, 0.05) is 36.8 Å². The fraction of sp³-hybridized carbons (Fsp3) is 0.444. The van der Waals surface area contributed by atoms with Crippen LogP contribution >= 0.6 is 0 Å². The maximum absolute atomic E-state index is 12.4. The fourth-order valence-corrected chi connectivity index (χ4v) is 3.28. The van der Waals surface area contributed by atoms with E-state index in [1.54, 1.807) is 12.5 Å². The van der Waals surface area contributed by atoms with Gasteiger partial charge < -0.3 is 9.88 Å². The number of nitrogens with one attached hydrogen (secondary N) is 1. The van der Waals surface area contributed by atoms with Gasteiger partial charge in [0.1, 0.15) is 0 Å². The molecule has 0 unspecified atom stereocenters. The number of hydrogen-bond acceptors (Lipinski definition) is 2. The predicted octanol–water partition coefficient (Wildman–Crippen LogP) is 2.78. The van der Waals surface area contributed by atoms with Gasteiger partial charge in [-0.15, -0.1) is 0 Å². The van der Waals surface area contributed by atoms with Crippen LogP contribution in [-0.4, -0.2) is 33.9 Å². The molecule has 1 fully saturated rings. The first-order valence-electron chi connectivity index (χ1n) is 7.92. The summed E-state index contributed by atoms with van der Waals surface area (Å²) in [5.41, 5.74) is 2.49. The van der Waals surface area contributed by atoms with E-state index in [0.29, 0.717) is 12.3 Å². The zero-order valence-corrected chi connectivity index (χ0v) is 13.2. The van der Waals surface area contributed by atoms with Crippen LogP contribution in [0, 0.1) is 5.92 Å². The molecular weight excluding hydrogens is 274 g/mol. The smallest absolute Gasteiger partial charge is 0.223 e. The van der Waals surface area contributed by atoms with Crippen molar-refractivity contribution < 1.29 is 4.79 Å². The number of nitrogens with zero attached hydrogens (tertiary/aromatic N) is 2. The van der Waals surface area contributed by atoms with E-state index >= 15 is 0 Å². The van der Waals surface area contributed by atoms with Crippen LogP contribution in [0.15, 0.2) is 42.9 Å². The third-order valence-electron chi connectivity index (χ3n) is 4.92. The molecule has 1 aliphatic rings. The average Bonchev–Trinajstić information content (AvgIpc) is 2.98. The first-order valence-corrected chi connectivity index (χ1v) is 7.92. The van der Waals surface area contributed by atoms with Crippen LogP contribution in [0.3, 0.4) is 0 Å². The van der Waals surface area contributed by atoms with Gasteiger partial charge in [0.15, 0.2) is 0 Å². The zero-order valence-electron chi connectivity index (χ0n) is 13.2. The molecule has 2 heterocycles. The van der Waals surface area contributed by atoms with Crippen molar-refractivity contribution in [3.8, 4) is 0 Å². The molecule has 0 atom stereocenters. The van der Waals surface area contributed by atoms with Gasteiger partial charge in [0.25, 0.3) is 0 Å². The van der Waals surface area contributed by atoms with E-state index in [1.165, 1.54) is 5.56 Å². The summed E-state index contributed by atoms with van der Waals surface area (Å²) in [5.74, 6) is 0.758. The highest BCUT2D eigenvalue weighted by molar-refractivity contribution is 5.78. The zero-order chi connectivity index (χ0) is 15.6.